The van der Waals surface area contributed by atoms with Crippen LogP contribution in [0.5, 0.6) is 0 Å². The van der Waals surface area contributed by atoms with Crippen molar-refractivity contribution in [3.8, 4) is 6.07 Å². The standard InChI is InChI=1S/C12H9N5O2/c13-6-5-12(18)16-15-8-9-7-14-10-3-1-2-4-11(10)17(9)19/h1-4,7-8,19H,5H2/b9-8+,16-15?. The first kappa shape index (κ1) is 12.6. The number of anilines is 1. The van der Waals surface area contributed by atoms with Gasteiger partial charge in [0.2, 0.25) is 0 Å². The Kier molecular flexibility index (Phi) is 3.75. The van der Waals surface area contributed by atoms with Gasteiger partial charge in [-0.15, -0.1) is 5.11 Å². The number of rotatable bonds is 2. The highest BCUT2D eigenvalue weighted by molar-refractivity contribution is 5.92. The van der Waals surface area contributed by atoms with Crippen molar-refractivity contribution in [2.45, 2.75) is 6.42 Å². The van der Waals surface area contributed by atoms with Crippen LogP contribution in [0.1, 0.15) is 6.42 Å². The smallest absolute Gasteiger partial charge is 0.278 e. The lowest BCUT2D eigenvalue weighted by molar-refractivity contribution is -0.117. The fraction of sp³-hybridized carbons (Fsp3) is 0.0833. The SMILES string of the molecule is N#CCC(=O)N=N/C=C1\C=Nc2ccccc2N1O. The predicted molar refractivity (Wildman–Crippen MR) is 67.0 cm³/mol. The van der Waals surface area contributed by atoms with Crippen LogP contribution in [0.15, 0.2) is 51.4 Å². The summed E-state index contributed by atoms with van der Waals surface area (Å²) in [5.41, 5.74) is 1.40. The van der Waals surface area contributed by atoms with E-state index in [1.54, 1.807) is 30.3 Å². The monoisotopic (exact) mass is 255 g/mol. The lowest BCUT2D eigenvalue weighted by atomic mass is 10.2. The molecule has 0 spiro atoms. The maximum absolute atomic E-state index is 10.9. The number of hydrogen-bond donors (Lipinski definition) is 1. The van der Waals surface area contributed by atoms with Gasteiger partial charge in [-0.1, -0.05) is 12.1 Å². The van der Waals surface area contributed by atoms with Crippen LogP contribution in [0, 0.1) is 11.3 Å². The molecule has 0 atom stereocenters. The Bertz CT molecular complexity index is 627. The zero-order valence-corrected chi connectivity index (χ0v) is 9.76. The van der Waals surface area contributed by atoms with E-state index in [0.717, 1.165) is 5.06 Å². The summed E-state index contributed by atoms with van der Waals surface area (Å²) < 4.78 is 0. The molecule has 19 heavy (non-hydrogen) atoms. The van der Waals surface area contributed by atoms with Gasteiger partial charge in [0.25, 0.3) is 5.91 Å². The Morgan fingerprint density at radius 3 is 3.11 bits per heavy atom. The highest BCUT2D eigenvalue weighted by Gasteiger charge is 2.15. The van der Waals surface area contributed by atoms with Crippen LogP contribution in [0.3, 0.4) is 0 Å². The number of amides is 1. The van der Waals surface area contributed by atoms with Crippen molar-refractivity contribution < 1.29 is 10.0 Å². The summed E-state index contributed by atoms with van der Waals surface area (Å²) in [5, 5.41) is 25.9. The minimum atomic E-state index is -0.642. The molecule has 2 rings (SSSR count). The molecule has 0 aliphatic carbocycles. The van der Waals surface area contributed by atoms with Gasteiger partial charge in [-0.25, -0.2) is 5.06 Å². The molecule has 0 bridgehead atoms. The van der Waals surface area contributed by atoms with Crippen LogP contribution < -0.4 is 5.06 Å². The quantitative estimate of drug-likeness (QED) is 0.819. The molecule has 0 fully saturated rings. The van der Waals surface area contributed by atoms with Gasteiger partial charge >= 0.3 is 0 Å². The minimum absolute atomic E-state index is 0.271. The number of hydroxylamine groups is 1. The molecule has 0 aromatic heterocycles. The second-order valence-electron chi connectivity index (χ2n) is 3.56. The molecule has 0 saturated heterocycles. The molecule has 1 amide bonds. The van der Waals surface area contributed by atoms with Crippen molar-refractivity contribution in [2.24, 2.45) is 15.2 Å². The van der Waals surface area contributed by atoms with Gasteiger partial charge in [0.1, 0.15) is 12.1 Å². The van der Waals surface area contributed by atoms with E-state index in [0.29, 0.717) is 11.4 Å². The number of carbonyl (C=O) groups is 1. The van der Waals surface area contributed by atoms with Crippen LogP contribution >= 0.6 is 0 Å². The van der Waals surface area contributed by atoms with E-state index in [2.05, 4.69) is 15.2 Å². The second kappa shape index (κ2) is 5.66. The number of aliphatic imine (C=N–C) groups is 1. The number of carbonyl (C=O) groups excluding carboxylic acids is 1. The third kappa shape index (κ3) is 2.88. The number of para-hydroxylation sites is 2. The summed E-state index contributed by atoms with van der Waals surface area (Å²) in [7, 11) is 0. The molecule has 0 radical (unpaired) electrons. The van der Waals surface area contributed by atoms with Gasteiger partial charge < -0.3 is 0 Å². The molecular formula is C12H9N5O2. The average Bonchev–Trinajstić information content (AvgIpc) is 2.42. The number of azo groups is 1. The van der Waals surface area contributed by atoms with Crippen molar-refractivity contribution in [3.63, 3.8) is 0 Å². The van der Waals surface area contributed by atoms with Crippen LogP contribution in [0.4, 0.5) is 11.4 Å². The number of fused-ring (bicyclic) bond motifs is 1. The highest BCUT2D eigenvalue weighted by atomic mass is 16.5. The van der Waals surface area contributed by atoms with Gasteiger partial charge in [-0.3, -0.25) is 15.0 Å². The molecule has 7 heteroatoms. The largest absolute Gasteiger partial charge is 0.283 e. The Hall–Kier alpha value is -2.85. The van der Waals surface area contributed by atoms with Crippen molar-refractivity contribution >= 4 is 23.5 Å². The molecular weight excluding hydrogens is 246 g/mol. The Morgan fingerprint density at radius 2 is 2.32 bits per heavy atom. The lowest BCUT2D eigenvalue weighted by Crippen LogP contribution is -2.20. The zero-order chi connectivity index (χ0) is 13.7. The average molecular weight is 255 g/mol. The molecule has 0 saturated carbocycles. The summed E-state index contributed by atoms with van der Waals surface area (Å²) in [6, 6.07) is 8.68. The van der Waals surface area contributed by atoms with Gasteiger partial charge in [0, 0.05) is 0 Å². The molecule has 0 unspecified atom stereocenters. The van der Waals surface area contributed by atoms with E-state index in [1.807, 2.05) is 0 Å². The molecule has 1 heterocycles. The maximum atomic E-state index is 10.9. The fourth-order valence-corrected chi connectivity index (χ4v) is 1.43. The highest BCUT2D eigenvalue weighted by Crippen LogP contribution is 2.32. The van der Waals surface area contributed by atoms with Gasteiger partial charge in [0.15, 0.2) is 0 Å². The summed E-state index contributed by atoms with van der Waals surface area (Å²) in [4.78, 5) is 15.1. The minimum Gasteiger partial charge on any atom is -0.283 e. The van der Waals surface area contributed by atoms with E-state index >= 15 is 0 Å². The van der Waals surface area contributed by atoms with Crippen LogP contribution in [-0.2, 0) is 4.79 Å². The summed E-state index contributed by atoms with van der Waals surface area (Å²) in [6.07, 6.45) is 2.26. The van der Waals surface area contributed by atoms with Crippen molar-refractivity contribution in [3.05, 3.63) is 36.2 Å². The molecule has 7 nitrogen and oxygen atoms in total. The molecule has 1 N–H and O–H groups in total. The van der Waals surface area contributed by atoms with Crippen LogP contribution in [0.25, 0.3) is 0 Å². The van der Waals surface area contributed by atoms with Crippen LogP contribution in [0.2, 0.25) is 0 Å². The van der Waals surface area contributed by atoms with E-state index in [-0.39, 0.29) is 12.1 Å². The first-order chi connectivity index (χ1) is 9.22. The van der Waals surface area contributed by atoms with E-state index in [1.165, 1.54) is 12.4 Å². The molecule has 1 aromatic rings. The number of hydrogen-bond acceptors (Lipinski definition) is 6. The van der Waals surface area contributed by atoms with E-state index in [9.17, 15) is 10.0 Å². The summed E-state index contributed by atoms with van der Waals surface area (Å²) in [5.74, 6) is -0.642. The maximum Gasteiger partial charge on any atom is 0.278 e. The second-order valence-corrected chi connectivity index (χ2v) is 3.56. The van der Waals surface area contributed by atoms with E-state index in [4.69, 9.17) is 5.26 Å². The zero-order valence-electron chi connectivity index (χ0n) is 9.76. The molecule has 94 valence electrons. The molecule has 1 aliphatic heterocycles. The fourth-order valence-electron chi connectivity index (χ4n) is 1.43. The Balaban J connectivity index is 2.17. The summed E-state index contributed by atoms with van der Waals surface area (Å²) >= 11 is 0. The third-order valence-corrected chi connectivity index (χ3v) is 2.28. The first-order valence-corrected chi connectivity index (χ1v) is 5.35. The Morgan fingerprint density at radius 1 is 1.53 bits per heavy atom. The normalized spacial score (nSPS) is 15.6. The van der Waals surface area contributed by atoms with Crippen molar-refractivity contribution in [1.29, 1.82) is 5.26 Å². The van der Waals surface area contributed by atoms with Crippen molar-refractivity contribution in [1.82, 2.24) is 0 Å². The topological polar surface area (TPSA) is 101 Å². The van der Waals surface area contributed by atoms with Crippen molar-refractivity contribution in [2.75, 3.05) is 5.06 Å². The Labute approximate surface area is 108 Å². The first-order valence-electron chi connectivity index (χ1n) is 5.35. The number of nitrogens with zero attached hydrogens (tertiary/aromatic N) is 5. The molecule has 1 aliphatic rings. The lowest BCUT2D eigenvalue weighted by Gasteiger charge is -2.21. The number of allylic oxidation sites excluding steroid dienone is 1. The van der Waals surface area contributed by atoms with Crippen LogP contribution in [-0.4, -0.2) is 17.3 Å². The van der Waals surface area contributed by atoms with Gasteiger partial charge in [-0.05, 0) is 12.1 Å². The third-order valence-electron chi connectivity index (χ3n) is 2.28. The van der Waals surface area contributed by atoms with E-state index < -0.39 is 5.91 Å². The number of nitriles is 1. The molecule has 1 aromatic carbocycles. The number of benzene rings is 1. The predicted octanol–water partition coefficient (Wildman–Crippen LogP) is 2.33. The van der Waals surface area contributed by atoms with Gasteiger partial charge in [0.05, 0.1) is 29.9 Å². The van der Waals surface area contributed by atoms with Gasteiger partial charge in [-0.2, -0.15) is 10.4 Å². The summed E-state index contributed by atoms with van der Waals surface area (Å²) in [6.45, 7) is 0.